The van der Waals surface area contributed by atoms with Crippen LogP contribution in [0.4, 0.5) is 5.82 Å². The molecule has 3 rings (SSSR count). The summed E-state index contributed by atoms with van der Waals surface area (Å²) in [5.41, 5.74) is 8.28. The normalized spacial score (nSPS) is 11.4. The predicted octanol–water partition coefficient (Wildman–Crippen LogP) is 1.41. The van der Waals surface area contributed by atoms with E-state index < -0.39 is 0 Å². The number of aryl methyl sites for hydroxylation is 2. The third-order valence-corrected chi connectivity index (χ3v) is 2.83. The van der Waals surface area contributed by atoms with Crippen molar-refractivity contribution in [3.63, 3.8) is 0 Å². The maximum Gasteiger partial charge on any atom is 0.163 e. The lowest BCUT2D eigenvalue weighted by atomic mass is 10.2. The number of nitrogen functional groups attached to an aromatic ring is 1. The van der Waals surface area contributed by atoms with E-state index in [2.05, 4.69) is 15.0 Å². The quantitative estimate of drug-likeness (QED) is 0.613. The van der Waals surface area contributed by atoms with Crippen LogP contribution in [0.3, 0.4) is 0 Å². The second-order valence-corrected chi connectivity index (χ2v) is 3.79. The Morgan fingerprint density at radius 1 is 1.31 bits per heavy atom. The van der Waals surface area contributed by atoms with Crippen LogP contribution in [-0.2, 0) is 7.05 Å². The average Bonchev–Trinajstić information content (AvgIpc) is 2.57. The molecule has 0 aliphatic carbocycles. The third kappa shape index (κ3) is 1.02. The maximum absolute atomic E-state index is 5.88. The summed E-state index contributed by atoms with van der Waals surface area (Å²) in [4.78, 5) is 12.9. The first kappa shape index (κ1) is 9.08. The molecule has 5 nitrogen and oxygen atoms in total. The summed E-state index contributed by atoms with van der Waals surface area (Å²) in [6, 6.07) is 3.88. The standard InChI is InChI=1S/C11H11N5/c1-6-14-8-9(16(6)2)7-4-3-5-13-11(7)15-10(8)12/h3-5H,1-2H3,(H2,12,13,15). The Kier molecular flexibility index (Phi) is 1.65. The van der Waals surface area contributed by atoms with Gasteiger partial charge in [0.2, 0.25) is 0 Å². The largest absolute Gasteiger partial charge is 0.382 e. The van der Waals surface area contributed by atoms with Gasteiger partial charge in [-0.25, -0.2) is 15.0 Å². The molecule has 3 heterocycles. The van der Waals surface area contributed by atoms with Gasteiger partial charge >= 0.3 is 0 Å². The molecule has 0 amide bonds. The van der Waals surface area contributed by atoms with Crippen LogP contribution in [0.2, 0.25) is 0 Å². The number of aromatic nitrogens is 4. The molecule has 0 atom stereocenters. The molecular formula is C11H11N5. The predicted molar refractivity (Wildman–Crippen MR) is 63.0 cm³/mol. The van der Waals surface area contributed by atoms with Crippen LogP contribution < -0.4 is 5.73 Å². The minimum atomic E-state index is 0.435. The molecular weight excluding hydrogens is 202 g/mol. The van der Waals surface area contributed by atoms with Crippen LogP contribution in [0, 0.1) is 6.92 Å². The summed E-state index contributed by atoms with van der Waals surface area (Å²) in [5.74, 6) is 1.35. The van der Waals surface area contributed by atoms with Gasteiger partial charge < -0.3 is 10.3 Å². The Hall–Kier alpha value is -2.17. The number of hydrogen-bond acceptors (Lipinski definition) is 4. The molecule has 0 aromatic carbocycles. The molecule has 0 radical (unpaired) electrons. The van der Waals surface area contributed by atoms with Crippen molar-refractivity contribution in [1.29, 1.82) is 0 Å². The minimum absolute atomic E-state index is 0.435. The van der Waals surface area contributed by atoms with Crippen molar-refractivity contribution in [2.75, 3.05) is 5.73 Å². The Morgan fingerprint density at radius 3 is 2.94 bits per heavy atom. The number of nitrogens with zero attached hydrogens (tertiary/aromatic N) is 4. The maximum atomic E-state index is 5.88. The number of hydrogen-bond donors (Lipinski definition) is 1. The number of rotatable bonds is 0. The lowest BCUT2D eigenvalue weighted by Gasteiger charge is -2.02. The van der Waals surface area contributed by atoms with Crippen molar-refractivity contribution in [2.45, 2.75) is 6.92 Å². The van der Waals surface area contributed by atoms with Crippen molar-refractivity contribution in [3.8, 4) is 0 Å². The van der Waals surface area contributed by atoms with Gasteiger partial charge in [0.25, 0.3) is 0 Å². The van der Waals surface area contributed by atoms with E-state index in [0.717, 1.165) is 22.2 Å². The lowest BCUT2D eigenvalue weighted by molar-refractivity contribution is 0.888. The van der Waals surface area contributed by atoms with Gasteiger partial charge in [-0.1, -0.05) is 0 Å². The highest BCUT2D eigenvalue weighted by Gasteiger charge is 2.12. The fourth-order valence-electron chi connectivity index (χ4n) is 1.94. The number of imidazole rings is 1. The zero-order valence-electron chi connectivity index (χ0n) is 9.10. The topological polar surface area (TPSA) is 69.6 Å². The molecule has 0 unspecified atom stereocenters. The first-order valence-corrected chi connectivity index (χ1v) is 5.01. The molecule has 5 heteroatoms. The van der Waals surface area contributed by atoms with Crippen molar-refractivity contribution < 1.29 is 0 Å². The zero-order valence-corrected chi connectivity index (χ0v) is 9.10. The molecule has 0 fully saturated rings. The molecule has 16 heavy (non-hydrogen) atoms. The lowest BCUT2D eigenvalue weighted by Crippen LogP contribution is -1.96. The number of anilines is 1. The molecule has 2 N–H and O–H groups in total. The van der Waals surface area contributed by atoms with Crippen LogP contribution in [0.1, 0.15) is 5.82 Å². The second kappa shape index (κ2) is 2.91. The van der Waals surface area contributed by atoms with Crippen LogP contribution in [0.15, 0.2) is 18.3 Å². The molecule has 0 spiro atoms. The zero-order chi connectivity index (χ0) is 11.3. The fraction of sp³-hybridized carbons (Fsp3) is 0.182. The van der Waals surface area contributed by atoms with Gasteiger partial charge in [-0.05, 0) is 19.1 Å². The summed E-state index contributed by atoms with van der Waals surface area (Å²) < 4.78 is 2.01. The average molecular weight is 213 g/mol. The van der Waals surface area contributed by atoms with E-state index in [1.807, 2.05) is 30.7 Å². The number of pyridine rings is 2. The minimum Gasteiger partial charge on any atom is -0.382 e. The van der Waals surface area contributed by atoms with Gasteiger partial charge in [-0.15, -0.1) is 0 Å². The van der Waals surface area contributed by atoms with E-state index in [9.17, 15) is 0 Å². The van der Waals surface area contributed by atoms with Gasteiger partial charge in [-0.3, -0.25) is 0 Å². The van der Waals surface area contributed by atoms with Crippen LogP contribution in [0.5, 0.6) is 0 Å². The molecule has 0 aliphatic heterocycles. The summed E-state index contributed by atoms with van der Waals surface area (Å²) in [6.45, 7) is 1.95. The fourth-order valence-corrected chi connectivity index (χ4v) is 1.94. The van der Waals surface area contributed by atoms with Crippen molar-refractivity contribution in [1.82, 2.24) is 19.5 Å². The Morgan fingerprint density at radius 2 is 2.12 bits per heavy atom. The van der Waals surface area contributed by atoms with Gasteiger partial charge in [0, 0.05) is 18.6 Å². The Labute approximate surface area is 91.9 Å². The van der Waals surface area contributed by atoms with Gasteiger partial charge in [0.15, 0.2) is 11.5 Å². The van der Waals surface area contributed by atoms with Crippen molar-refractivity contribution in [3.05, 3.63) is 24.2 Å². The van der Waals surface area contributed by atoms with Gasteiger partial charge in [0.1, 0.15) is 11.3 Å². The summed E-state index contributed by atoms with van der Waals surface area (Å²) in [6.07, 6.45) is 1.71. The summed E-state index contributed by atoms with van der Waals surface area (Å²) in [5, 5.41) is 0.981. The highest BCUT2D eigenvalue weighted by atomic mass is 15.1. The Bertz CT molecular complexity index is 698. The van der Waals surface area contributed by atoms with Crippen molar-refractivity contribution >= 4 is 27.9 Å². The highest BCUT2D eigenvalue weighted by molar-refractivity contribution is 6.05. The van der Waals surface area contributed by atoms with E-state index in [4.69, 9.17) is 5.73 Å². The van der Waals surface area contributed by atoms with Crippen LogP contribution >= 0.6 is 0 Å². The molecule has 0 saturated heterocycles. The molecule has 80 valence electrons. The monoisotopic (exact) mass is 213 g/mol. The first-order chi connectivity index (χ1) is 7.68. The van der Waals surface area contributed by atoms with Crippen LogP contribution in [0.25, 0.3) is 22.1 Å². The Balaban J connectivity index is 2.67. The van der Waals surface area contributed by atoms with Gasteiger partial charge in [0.05, 0.1) is 5.52 Å². The van der Waals surface area contributed by atoms with E-state index in [0.29, 0.717) is 11.5 Å². The molecule has 3 aromatic heterocycles. The highest BCUT2D eigenvalue weighted by Crippen LogP contribution is 2.26. The summed E-state index contributed by atoms with van der Waals surface area (Å²) in [7, 11) is 1.97. The first-order valence-electron chi connectivity index (χ1n) is 5.01. The number of nitrogens with two attached hydrogens (primary N) is 1. The molecule has 0 saturated carbocycles. The number of fused-ring (bicyclic) bond motifs is 3. The summed E-state index contributed by atoms with van der Waals surface area (Å²) >= 11 is 0. The van der Waals surface area contributed by atoms with Crippen LogP contribution in [-0.4, -0.2) is 19.5 Å². The SMILES string of the molecule is Cc1nc2c(N)nc3ncccc3c2n1C. The second-order valence-electron chi connectivity index (χ2n) is 3.79. The van der Waals surface area contributed by atoms with E-state index in [1.54, 1.807) is 6.20 Å². The van der Waals surface area contributed by atoms with E-state index in [1.165, 1.54) is 0 Å². The molecule has 0 bridgehead atoms. The molecule has 3 aromatic rings. The van der Waals surface area contributed by atoms with E-state index in [-0.39, 0.29) is 0 Å². The van der Waals surface area contributed by atoms with Crippen molar-refractivity contribution in [2.24, 2.45) is 7.05 Å². The molecule has 0 aliphatic rings. The smallest absolute Gasteiger partial charge is 0.163 e. The van der Waals surface area contributed by atoms with E-state index >= 15 is 0 Å². The third-order valence-electron chi connectivity index (χ3n) is 2.83. The van der Waals surface area contributed by atoms with Gasteiger partial charge in [-0.2, -0.15) is 0 Å².